The van der Waals surface area contributed by atoms with Gasteiger partial charge in [0.05, 0.1) is 6.10 Å². The molecule has 0 saturated heterocycles. The molecule has 0 fully saturated rings. The summed E-state index contributed by atoms with van der Waals surface area (Å²) in [5, 5.41) is 9.86. The zero-order chi connectivity index (χ0) is 10.1. The van der Waals surface area contributed by atoms with Gasteiger partial charge < -0.3 is 10.8 Å². The van der Waals surface area contributed by atoms with Gasteiger partial charge in [0.2, 0.25) is 0 Å². The van der Waals surface area contributed by atoms with Crippen molar-refractivity contribution in [3.8, 4) is 0 Å². The summed E-state index contributed by atoms with van der Waals surface area (Å²) in [6, 6.07) is -0.151. The first-order chi connectivity index (χ1) is 5.99. The maximum absolute atomic E-state index is 9.86. The van der Waals surface area contributed by atoms with E-state index in [1.165, 1.54) is 0 Å². The van der Waals surface area contributed by atoms with Crippen molar-refractivity contribution in [1.29, 1.82) is 0 Å². The molecule has 1 aliphatic rings. The van der Waals surface area contributed by atoms with Gasteiger partial charge in [-0.05, 0) is 24.3 Å². The minimum Gasteiger partial charge on any atom is -0.386 e. The Kier molecular flexibility index (Phi) is 2.97. The highest BCUT2D eigenvalue weighted by Crippen LogP contribution is 2.34. The highest BCUT2D eigenvalue weighted by molar-refractivity contribution is 5.22. The Morgan fingerprint density at radius 3 is 2.85 bits per heavy atom. The van der Waals surface area contributed by atoms with Crippen LogP contribution in [0.25, 0.3) is 0 Å². The van der Waals surface area contributed by atoms with Crippen molar-refractivity contribution in [3.63, 3.8) is 0 Å². The lowest BCUT2D eigenvalue weighted by atomic mass is 9.76. The average molecular weight is 181 g/mol. The molecule has 0 aromatic rings. The van der Waals surface area contributed by atoms with Gasteiger partial charge in [0.15, 0.2) is 0 Å². The molecule has 0 radical (unpaired) electrons. The Morgan fingerprint density at radius 2 is 2.31 bits per heavy atom. The van der Waals surface area contributed by atoms with Gasteiger partial charge in [0.25, 0.3) is 0 Å². The third-order valence-corrected chi connectivity index (χ3v) is 2.96. The van der Waals surface area contributed by atoms with Crippen molar-refractivity contribution in [2.75, 3.05) is 0 Å². The molecule has 0 spiro atoms. The molecule has 2 heteroatoms. The van der Waals surface area contributed by atoms with Gasteiger partial charge in [-0.25, -0.2) is 0 Å². The largest absolute Gasteiger partial charge is 0.386 e. The van der Waals surface area contributed by atoms with Crippen LogP contribution in [0.15, 0.2) is 17.4 Å². The molecule has 3 N–H and O–H groups in total. The van der Waals surface area contributed by atoms with Crippen LogP contribution in [0, 0.1) is 5.41 Å². The molecule has 0 aromatic heterocycles. The summed E-state index contributed by atoms with van der Waals surface area (Å²) in [4.78, 5) is 0. The summed E-state index contributed by atoms with van der Waals surface area (Å²) in [6.07, 6.45) is 3.14. The maximum Gasteiger partial charge on any atom is 0.0982 e. The smallest absolute Gasteiger partial charge is 0.0982 e. The number of aliphatic hydroxyl groups is 1. The van der Waals surface area contributed by atoms with E-state index in [1.807, 2.05) is 6.08 Å². The predicted molar refractivity (Wildman–Crippen MR) is 54.3 cm³/mol. The number of hydrogen-bond acceptors (Lipinski definition) is 2. The molecule has 2 unspecified atom stereocenters. The SMILES string of the molecule is CCC(C)(C)C1=C=CCC(N)C1O. The maximum atomic E-state index is 9.86. The Bertz CT molecular complexity index is 249. The molecule has 13 heavy (non-hydrogen) atoms. The number of aliphatic hydroxyl groups excluding tert-OH is 1. The highest BCUT2D eigenvalue weighted by Gasteiger charge is 2.31. The first-order valence-corrected chi connectivity index (χ1v) is 4.88. The van der Waals surface area contributed by atoms with Gasteiger partial charge in [0, 0.05) is 11.6 Å². The average Bonchev–Trinajstić information content (AvgIpc) is 2.09. The first-order valence-electron chi connectivity index (χ1n) is 4.88. The zero-order valence-electron chi connectivity index (χ0n) is 8.67. The summed E-state index contributed by atoms with van der Waals surface area (Å²) in [6.45, 7) is 6.34. The first kappa shape index (κ1) is 10.5. The molecule has 2 nitrogen and oxygen atoms in total. The van der Waals surface area contributed by atoms with Crippen LogP contribution in [0.5, 0.6) is 0 Å². The van der Waals surface area contributed by atoms with Crippen molar-refractivity contribution >= 4 is 0 Å². The molecule has 0 aromatic carbocycles. The van der Waals surface area contributed by atoms with E-state index in [-0.39, 0.29) is 11.5 Å². The quantitative estimate of drug-likeness (QED) is 0.636. The summed E-state index contributed by atoms with van der Waals surface area (Å²) in [5.41, 5.74) is 9.89. The van der Waals surface area contributed by atoms with Gasteiger partial charge in [-0.15, -0.1) is 5.73 Å². The lowest BCUT2D eigenvalue weighted by Gasteiger charge is -2.32. The van der Waals surface area contributed by atoms with Gasteiger partial charge in [-0.3, -0.25) is 0 Å². The van der Waals surface area contributed by atoms with Crippen molar-refractivity contribution in [2.24, 2.45) is 11.1 Å². The van der Waals surface area contributed by atoms with Gasteiger partial charge in [-0.1, -0.05) is 20.8 Å². The fourth-order valence-electron chi connectivity index (χ4n) is 1.52. The predicted octanol–water partition coefficient (Wildman–Crippen LogP) is 1.60. The van der Waals surface area contributed by atoms with E-state index < -0.39 is 6.10 Å². The molecule has 0 heterocycles. The molecular weight excluding hydrogens is 162 g/mol. The fourth-order valence-corrected chi connectivity index (χ4v) is 1.52. The van der Waals surface area contributed by atoms with Crippen LogP contribution < -0.4 is 5.73 Å². The third-order valence-electron chi connectivity index (χ3n) is 2.96. The summed E-state index contributed by atoms with van der Waals surface area (Å²) >= 11 is 0. The second-order valence-electron chi connectivity index (χ2n) is 4.34. The second kappa shape index (κ2) is 3.67. The summed E-state index contributed by atoms with van der Waals surface area (Å²) < 4.78 is 0. The van der Waals surface area contributed by atoms with Crippen molar-refractivity contribution < 1.29 is 5.11 Å². The fraction of sp³-hybridized carbons (Fsp3) is 0.727. The number of nitrogens with two attached hydrogens (primary N) is 1. The molecule has 1 aliphatic carbocycles. The number of rotatable bonds is 2. The Balaban J connectivity index is 2.97. The zero-order valence-corrected chi connectivity index (χ0v) is 8.67. The Morgan fingerprint density at radius 1 is 1.69 bits per heavy atom. The third kappa shape index (κ3) is 2.02. The van der Waals surface area contributed by atoms with Crippen LogP contribution >= 0.6 is 0 Å². The molecule has 0 bridgehead atoms. The second-order valence-corrected chi connectivity index (χ2v) is 4.34. The van der Waals surface area contributed by atoms with Gasteiger partial charge >= 0.3 is 0 Å². The van der Waals surface area contributed by atoms with Crippen LogP contribution in [-0.4, -0.2) is 17.3 Å². The minimum atomic E-state index is -0.514. The molecule has 0 saturated carbocycles. The topological polar surface area (TPSA) is 46.2 Å². The van der Waals surface area contributed by atoms with E-state index in [2.05, 4.69) is 26.5 Å². The molecule has 2 atom stereocenters. The lowest BCUT2D eigenvalue weighted by molar-refractivity contribution is 0.149. The van der Waals surface area contributed by atoms with E-state index >= 15 is 0 Å². The van der Waals surface area contributed by atoms with E-state index in [4.69, 9.17) is 5.73 Å². The van der Waals surface area contributed by atoms with Crippen molar-refractivity contribution in [2.45, 2.75) is 45.8 Å². The Hall–Kier alpha value is -0.560. The van der Waals surface area contributed by atoms with E-state index in [1.54, 1.807) is 0 Å². The number of hydrogen-bond donors (Lipinski definition) is 2. The lowest BCUT2D eigenvalue weighted by Crippen LogP contribution is -2.40. The van der Waals surface area contributed by atoms with Crippen molar-refractivity contribution in [3.05, 3.63) is 17.4 Å². The normalized spacial score (nSPS) is 28.8. The summed E-state index contributed by atoms with van der Waals surface area (Å²) in [7, 11) is 0. The van der Waals surface area contributed by atoms with E-state index in [0.717, 1.165) is 18.4 Å². The minimum absolute atomic E-state index is 0.00789. The van der Waals surface area contributed by atoms with E-state index in [0.29, 0.717) is 0 Å². The van der Waals surface area contributed by atoms with Crippen LogP contribution in [0.3, 0.4) is 0 Å². The van der Waals surface area contributed by atoms with Crippen LogP contribution in [0.2, 0.25) is 0 Å². The molecule has 0 aliphatic heterocycles. The molecule has 1 rings (SSSR count). The standard InChI is InChI=1S/C11H19NO/c1-4-11(2,3)8-6-5-7-9(12)10(8)13/h5,9-10,13H,4,7,12H2,1-3H3. The molecule has 74 valence electrons. The van der Waals surface area contributed by atoms with Crippen LogP contribution in [0.1, 0.15) is 33.6 Å². The summed E-state index contributed by atoms with van der Waals surface area (Å²) in [5.74, 6) is 0. The monoisotopic (exact) mass is 181 g/mol. The van der Waals surface area contributed by atoms with Gasteiger partial charge in [-0.2, -0.15) is 0 Å². The van der Waals surface area contributed by atoms with Crippen LogP contribution in [-0.2, 0) is 0 Å². The highest BCUT2D eigenvalue weighted by atomic mass is 16.3. The van der Waals surface area contributed by atoms with E-state index in [9.17, 15) is 5.11 Å². The molecular formula is C11H19NO. The Labute approximate surface area is 80.1 Å². The van der Waals surface area contributed by atoms with Crippen LogP contribution in [0.4, 0.5) is 0 Å². The van der Waals surface area contributed by atoms with Crippen molar-refractivity contribution in [1.82, 2.24) is 0 Å². The van der Waals surface area contributed by atoms with Gasteiger partial charge in [0.1, 0.15) is 0 Å². The molecule has 0 amide bonds.